The Hall–Kier alpha value is -3.59. The van der Waals surface area contributed by atoms with Gasteiger partial charge in [-0.2, -0.15) is 5.26 Å². The normalized spacial score (nSPS) is 11.6. The minimum Gasteiger partial charge on any atom is -0.361 e. The lowest BCUT2D eigenvalue weighted by Crippen LogP contribution is -2.47. The molecule has 1 atom stereocenters. The molecule has 0 saturated heterocycles. The van der Waals surface area contributed by atoms with Crippen molar-refractivity contribution in [3.63, 3.8) is 0 Å². The summed E-state index contributed by atoms with van der Waals surface area (Å²) in [6.45, 7) is 1.81. The van der Waals surface area contributed by atoms with Crippen LogP contribution in [0.25, 0.3) is 10.9 Å². The second-order valence-corrected chi connectivity index (χ2v) is 6.82. The zero-order valence-corrected chi connectivity index (χ0v) is 15.9. The SMILES string of the molecule is CC(=O)NC(Cc1c[nH]c2ccccc12)C(=O)N(C)Cc1ccc(C#N)cc1. The second-order valence-electron chi connectivity index (χ2n) is 6.82. The lowest BCUT2D eigenvalue weighted by molar-refractivity contribution is -0.135. The number of carbonyl (C=O) groups is 2. The summed E-state index contributed by atoms with van der Waals surface area (Å²) in [4.78, 5) is 29.5. The molecule has 142 valence electrons. The van der Waals surface area contributed by atoms with Crippen LogP contribution in [-0.4, -0.2) is 34.8 Å². The van der Waals surface area contributed by atoms with Gasteiger partial charge in [-0.25, -0.2) is 0 Å². The van der Waals surface area contributed by atoms with Gasteiger partial charge in [-0.3, -0.25) is 9.59 Å². The standard InChI is InChI=1S/C22H22N4O2/c1-15(27)25-21(11-18-13-24-20-6-4-3-5-19(18)20)22(28)26(2)14-17-9-7-16(12-23)8-10-17/h3-10,13,21,24H,11,14H2,1-2H3,(H,25,27). The molecule has 0 aliphatic heterocycles. The van der Waals surface area contributed by atoms with E-state index in [0.717, 1.165) is 22.0 Å². The zero-order valence-electron chi connectivity index (χ0n) is 15.9. The summed E-state index contributed by atoms with van der Waals surface area (Å²) >= 11 is 0. The minimum absolute atomic E-state index is 0.162. The van der Waals surface area contributed by atoms with Gasteiger partial charge in [0.25, 0.3) is 0 Å². The molecular formula is C22H22N4O2. The van der Waals surface area contributed by atoms with Gasteiger partial charge in [-0.15, -0.1) is 0 Å². The molecule has 6 heteroatoms. The smallest absolute Gasteiger partial charge is 0.245 e. The summed E-state index contributed by atoms with van der Waals surface area (Å²) in [6, 6.07) is 16.4. The van der Waals surface area contributed by atoms with Gasteiger partial charge in [0.15, 0.2) is 0 Å². The summed E-state index contributed by atoms with van der Waals surface area (Å²) in [7, 11) is 1.71. The number of aromatic amines is 1. The first kappa shape index (κ1) is 19.2. The van der Waals surface area contributed by atoms with E-state index in [9.17, 15) is 9.59 Å². The quantitative estimate of drug-likeness (QED) is 0.695. The van der Waals surface area contributed by atoms with Crippen molar-refractivity contribution >= 4 is 22.7 Å². The monoisotopic (exact) mass is 374 g/mol. The highest BCUT2D eigenvalue weighted by Crippen LogP contribution is 2.20. The van der Waals surface area contributed by atoms with E-state index in [1.165, 1.54) is 6.92 Å². The summed E-state index contributed by atoms with van der Waals surface area (Å²) in [5.74, 6) is -0.408. The van der Waals surface area contributed by atoms with Crippen molar-refractivity contribution < 1.29 is 9.59 Å². The summed E-state index contributed by atoms with van der Waals surface area (Å²) in [5, 5.41) is 12.7. The Morgan fingerprint density at radius 3 is 2.57 bits per heavy atom. The molecule has 1 aromatic heterocycles. The van der Waals surface area contributed by atoms with Crippen LogP contribution >= 0.6 is 0 Å². The zero-order chi connectivity index (χ0) is 20.1. The van der Waals surface area contributed by atoms with Gasteiger partial charge in [0, 0.05) is 44.0 Å². The summed E-state index contributed by atoms with van der Waals surface area (Å²) in [6.07, 6.45) is 2.29. The molecule has 2 amide bonds. The van der Waals surface area contributed by atoms with E-state index in [4.69, 9.17) is 5.26 Å². The van der Waals surface area contributed by atoms with Crippen LogP contribution in [0.2, 0.25) is 0 Å². The van der Waals surface area contributed by atoms with Crippen LogP contribution in [0, 0.1) is 11.3 Å². The fourth-order valence-corrected chi connectivity index (χ4v) is 3.27. The third kappa shape index (κ3) is 4.38. The van der Waals surface area contributed by atoms with Gasteiger partial charge in [-0.1, -0.05) is 30.3 Å². The van der Waals surface area contributed by atoms with E-state index in [1.54, 1.807) is 24.1 Å². The van der Waals surface area contributed by atoms with Gasteiger partial charge < -0.3 is 15.2 Å². The molecule has 2 aromatic carbocycles. The Morgan fingerprint density at radius 1 is 1.18 bits per heavy atom. The molecule has 0 aliphatic carbocycles. The molecule has 0 saturated carbocycles. The third-order valence-electron chi connectivity index (χ3n) is 4.65. The fraction of sp³-hybridized carbons (Fsp3) is 0.227. The average Bonchev–Trinajstić information content (AvgIpc) is 3.10. The molecule has 28 heavy (non-hydrogen) atoms. The molecule has 2 N–H and O–H groups in total. The number of aromatic nitrogens is 1. The maximum atomic E-state index is 13.0. The number of H-pyrrole nitrogens is 1. The van der Waals surface area contributed by atoms with E-state index in [1.807, 2.05) is 42.6 Å². The number of para-hydroxylation sites is 1. The number of carbonyl (C=O) groups excluding carboxylic acids is 2. The number of fused-ring (bicyclic) bond motifs is 1. The Balaban J connectivity index is 1.76. The van der Waals surface area contributed by atoms with Crippen molar-refractivity contribution in [2.24, 2.45) is 0 Å². The largest absolute Gasteiger partial charge is 0.361 e. The highest BCUT2D eigenvalue weighted by Gasteiger charge is 2.24. The van der Waals surface area contributed by atoms with Crippen molar-refractivity contribution in [2.45, 2.75) is 25.9 Å². The van der Waals surface area contributed by atoms with Crippen LogP contribution in [0.1, 0.15) is 23.6 Å². The number of nitriles is 1. The Bertz CT molecular complexity index is 1030. The number of likely N-dealkylation sites (N-methyl/N-ethyl adjacent to an activating group) is 1. The number of hydrogen-bond donors (Lipinski definition) is 2. The molecule has 3 rings (SSSR count). The summed E-state index contributed by atoms with van der Waals surface area (Å²) in [5.41, 5.74) is 3.48. The average molecular weight is 374 g/mol. The van der Waals surface area contributed by atoms with Crippen molar-refractivity contribution in [1.29, 1.82) is 5.26 Å². The number of nitrogens with zero attached hydrogens (tertiary/aromatic N) is 2. The maximum absolute atomic E-state index is 13.0. The lowest BCUT2D eigenvalue weighted by atomic mass is 10.0. The maximum Gasteiger partial charge on any atom is 0.245 e. The van der Waals surface area contributed by atoms with Gasteiger partial charge in [0.05, 0.1) is 11.6 Å². The molecular weight excluding hydrogens is 352 g/mol. The van der Waals surface area contributed by atoms with E-state index in [-0.39, 0.29) is 11.8 Å². The van der Waals surface area contributed by atoms with Crippen molar-refractivity contribution in [1.82, 2.24) is 15.2 Å². The van der Waals surface area contributed by atoms with Gasteiger partial charge in [0.1, 0.15) is 6.04 Å². The molecule has 0 radical (unpaired) electrons. The third-order valence-corrected chi connectivity index (χ3v) is 4.65. The van der Waals surface area contributed by atoms with Crippen molar-refractivity contribution in [2.75, 3.05) is 7.05 Å². The minimum atomic E-state index is -0.653. The van der Waals surface area contributed by atoms with Gasteiger partial charge in [0.2, 0.25) is 11.8 Å². The van der Waals surface area contributed by atoms with Crippen LogP contribution in [0.5, 0.6) is 0 Å². The van der Waals surface area contributed by atoms with Crippen molar-refractivity contribution in [3.05, 3.63) is 71.4 Å². The van der Waals surface area contributed by atoms with E-state index < -0.39 is 6.04 Å². The molecule has 0 spiro atoms. The van der Waals surface area contributed by atoms with E-state index >= 15 is 0 Å². The van der Waals surface area contributed by atoms with E-state index in [2.05, 4.69) is 16.4 Å². The van der Waals surface area contributed by atoms with Crippen LogP contribution in [0.3, 0.4) is 0 Å². The lowest BCUT2D eigenvalue weighted by Gasteiger charge is -2.24. The fourth-order valence-electron chi connectivity index (χ4n) is 3.27. The predicted molar refractivity (Wildman–Crippen MR) is 107 cm³/mol. The molecule has 0 bridgehead atoms. The van der Waals surface area contributed by atoms with Gasteiger partial charge in [-0.05, 0) is 29.3 Å². The first-order chi connectivity index (χ1) is 13.5. The topological polar surface area (TPSA) is 89.0 Å². The van der Waals surface area contributed by atoms with Crippen LogP contribution in [0.15, 0.2) is 54.7 Å². The number of amides is 2. The first-order valence-corrected chi connectivity index (χ1v) is 9.04. The second kappa shape index (κ2) is 8.40. The molecule has 0 aliphatic rings. The molecule has 3 aromatic rings. The first-order valence-electron chi connectivity index (χ1n) is 9.04. The Labute approximate surface area is 163 Å². The number of rotatable bonds is 6. The molecule has 1 heterocycles. The van der Waals surface area contributed by atoms with E-state index in [0.29, 0.717) is 18.5 Å². The van der Waals surface area contributed by atoms with Crippen LogP contribution in [0.4, 0.5) is 0 Å². The number of nitrogens with one attached hydrogen (secondary N) is 2. The highest BCUT2D eigenvalue weighted by molar-refractivity contribution is 5.89. The highest BCUT2D eigenvalue weighted by atomic mass is 16.2. The van der Waals surface area contributed by atoms with Crippen LogP contribution < -0.4 is 5.32 Å². The predicted octanol–water partition coefficient (Wildman–Crippen LogP) is 2.75. The Kier molecular flexibility index (Phi) is 5.75. The number of benzene rings is 2. The summed E-state index contributed by atoms with van der Waals surface area (Å²) < 4.78 is 0. The van der Waals surface area contributed by atoms with Crippen molar-refractivity contribution in [3.8, 4) is 6.07 Å². The number of hydrogen-bond acceptors (Lipinski definition) is 3. The Morgan fingerprint density at radius 2 is 1.89 bits per heavy atom. The molecule has 6 nitrogen and oxygen atoms in total. The van der Waals surface area contributed by atoms with Gasteiger partial charge >= 0.3 is 0 Å². The van der Waals surface area contributed by atoms with Crippen LogP contribution in [-0.2, 0) is 22.6 Å². The molecule has 0 fully saturated rings. The molecule has 1 unspecified atom stereocenters.